The van der Waals surface area contributed by atoms with Crippen molar-refractivity contribution in [2.75, 3.05) is 18.8 Å². The molecule has 0 atom stereocenters. The number of anilines is 1. The molecule has 1 saturated heterocycles. The summed E-state index contributed by atoms with van der Waals surface area (Å²) in [7, 11) is 0. The first-order chi connectivity index (χ1) is 7.13. The monoisotopic (exact) mass is 210 g/mol. The zero-order chi connectivity index (χ0) is 10.9. The SMILES string of the molecule is Nc1cccc(F)c1C1(O)CCNCC1. The normalized spacial score (nSPS) is 20.1. The highest BCUT2D eigenvalue weighted by atomic mass is 19.1. The summed E-state index contributed by atoms with van der Waals surface area (Å²) in [6.07, 6.45) is 0.996. The molecule has 1 heterocycles. The molecular formula is C11H15FN2O. The van der Waals surface area contributed by atoms with E-state index in [1.165, 1.54) is 6.07 Å². The van der Waals surface area contributed by atoms with Crippen molar-refractivity contribution >= 4 is 5.69 Å². The minimum Gasteiger partial charge on any atom is -0.398 e. The first-order valence-corrected chi connectivity index (χ1v) is 5.11. The second-order valence-electron chi connectivity index (χ2n) is 3.99. The van der Waals surface area contributed by atoms with Crippen molar-refractivity contribution in [2.45, 2.75) is 18.4 Å². The van der Waals surface area contributed by atoms with Crippen molar-refractivity contribution in [1.82, 2.24) is 5.32 Å². The van der Waals surface area contributed by atoms with E-state index in [2.05, 4.69) is 5.32 Å². The van der Waals surface area contributed by atoms with Gasteiger partial charge in [-0.3, -0.25) is 0 Å². The van der Waals surface area contributed by atoms with Crippen LogP contribution in [0.4, 0.5) is 10.1 Å². The number of hydrogen-bond acceptors (Lipinski definition) is 3. The van der Waals surface area contributed by atoms with Gasteiger partial charge in [0.1, 0.15) is 5.82 Å². The Labute approximate surface area is 88.1 Å². The van der Waals surface area contributed by atoms with Crippen molar-refractivity contribution in [3.63, 3.8) is 0 Å². The molecular weight excluding hydrogens is 195 g/mol. The first-order valence-electron chi connectivity index (χ1n) is 5.11. The number of piperidine rings is 1. The third-order valence-corrected chi connectivity index (χ3v) is 2.94. The number of nitrogens with two attached hydrogens (primary N) is 1. The quantitative estimate of drug-likeness (QED) is 0.605. The van der Waals surface area contributed by atoms with Crippen LogP contribution in [0.1, 0.15) is 18.4 Å². The number of nitrogens with one attached hydrogen (secondary N) is 1. The van der Waals surface area contributed by atoms with Gasteiger partial charge in [-0.25, -0.2) is 4.39 Å². The van der Waals surface area contributed by atoms with Crippen LogP contribution in [0.2, 0.25) is 0 Å². The van der Waals surface area contributed by atoms with Gasteiger partial charge < -0.3 is 16.2 Å². The smallest absolute Gasteiger partial charge is 0.131 e. The maximum atomic E-state index is 13.6. The van der Waals surface area contributed by atoms with Gasteiger partial charge in [0, 0.05) is 11.3 Å². The summed E-state index contributed by atoms with van der Waals surface area (Å²) in [6.45, 7) is 1.37. The lowest BCUT2D eigenvalue weighted by Crippen LogP contribution is -2.40. The van der Waals surface area contributed by atoms with E-state index in [0.29, 0.717) is 31.6 Å². The maximum Gasteiger partial charge on any atom is 0.131 e. The molecule has 2 rings (SSSR count). The topological polar surface area (TPSA) is 58.3 Å². The third kappa shape index (κ3) is 1.82. The molecule has 0 bridgehead atoms. The van der Waals surface area contributed by atoms with Gasteiger partial charge in [-0.2, -0.15) is 0 Å². The van der Waals surface area contributed by atoms with Crippen molar-refractivity contribution in [3.8, 4) is 0 Å². The van der Waals surface area contributed by atoms with Crippen LogP contribution < -0.4 is 11.1 Å². The highest BCUT2D eigenvalue weighted by Gasteiger charge is 2.35. The zero-order valence-corrected chi connectivity index (χ0v) is 8.46. The number of halogens is 1. The summed E-state index contributed by atoms with van der Waals surface area (Å²) in [5.41, 5.74) is 5.20. The molecule has 15 heavy (non-hydrogen) atoms. The molecule has 0 spiro atoms. The zero-order valence-electron chi connectivity index (χ0n) is 8.46. The van der Waals surface area contributed by atoms with E-state index in [4.69, 9.17) is 5.73 Å². The predicted molar refractivity (Wildman–Crippen MR) is 56.8 cm³/mol. The molecule has 1 aromatic rings. The minimum atomic E-state index is -1.11. The van der Waals surface area contributed by atoms with Gasteiger partial charge in [-0.05, 0) is 38.1 Å². The molecule has 3 nitrogen and oxygen atoms in total. The molecule has 0 aliphatic carbocycles. The fourth-order valence-electron chi connectivity index (χ4n) is 2.12. The van der Waals surface area contributed by atoms with E-state index in [-0.39, 0.29) is 5.56 Å². The van der Waals surface area contributed by atoms with Gasteiger partial charge >= 0.3 is 0 Å². The van der Waals surface area contributed by atoms with Crippen LogP contribution in [0.15, 0.2) is 18.2 Å². The van der Waals surface area contributed by atoms with Crippen LogP contribution in [-0.4, -0.2) is 18.2 Å². The van der Waals surface area contributed by atoms with E-state index < -0.39 is 11.4 Å². The van der Waals surface area contributed by atoms with Crippen molar-refractivity contribution in [2.24, 2.45) is 0 Å². The number of benzene rings is 1. The molecule has 0 amide bonds. The van der Waals surface area contributed by atoms with Gasteiger partial charge in [0.05, 0.1) is 5.60 Å². The Morgan fingerprint density at radius 1 is 1.33 bits per heavy atom. The molecule has 1 aliphatic heterocycles. The molecule has 1 aromatic carbocycles. The fraction of sp³-hybridized carbons (Fsp3) is 0.455. The van der Waals surface area contributed by atoms with Gasteiger partial charge in [-0.1, -0.05) is 6.07 Å². The first kappa shape index (κ1) is 10.4. The lowest BCUT2D eigenvalue weighted by molar-refractivity contribution is 0.00353. The number of rotatable bonds is 1. The van der Waals surface area contributed by atoms with Crippen LogP contribution in [0.5, 0.6) is 0 Å². The average molecular weight is 210 g/mol. The Morgan fingerprint density at radius 2 is 2.00 bits per heavy atom. The third-order valence-electron chi connectivity index (χ3n) is 2.94. The molecule has 0 radical (unpaired) electrons. The second-order valence-corrected chi connectivity index (χ2v) is 3.99. The van der Waals surface area contributed by atoms with Gasteiger partial charge in [0.25, 0.3) is 0 Å². The standard InChI is InChI=1S/C11H15FN2O/c12-8-2-1-3-9(13)10(8)11(15)4-6-14-7-5-11/h1-3,14-15H,4-7,13H2. The van der Waals surface area contributed by atoms with Crippen LogP contribution in [0, 0.1) is 5.82 Å². The molecule has 0 saturated carbocycles. The fourth-order valence-corrected chi connectivity index (χ4v) is 2.12. The summed E-state index contributed by atoms with van der Waals surface area (Å²) in [5, 5.41) is 13.5. The Morgan fingerprint density at radius 3 is 2.60 bits per heavy atom. The van der Waals surface area contributed by atoms with E-state index in [1.807, 2.05) is 0 Å². The number of hydrogen-bond donors (Lipinski definition) is 3. The Hall–Kier alpha value is -1.13. The van der Waals surface area contributed by atoms with Crippen molar-refractivity contribution in [3.05, 3.63) is 29.6 Å². The lowest BCUT2D eigenvalue weighted by atomic mass is 9.84. The van der Waals surface area contributed by atoms with E-state index in [0.717, 1.165) is 0 Å². The molecule has 4 N–H and O–H groups in total. The van der Waals surface area contributed by atoms with E-state index in [9.17, 15) is 9.50 Å². The van der Waals surface area contributed by atoms with Crippen molar-refractivity contribution in [1.29, 1.82) is 0 Å². The number of aliphatic hydroxyl groups is 1. The Kier molecular flexibility index (Phi) is 2.63. The van der Waals surface area contributed by atoms with Crippen molar-refractivity contribution < 1.29 is 9.50 Å². The largest absolute Gasteiger partial charge is 0.398 e. The average Bonchev–Trinajstić information content (AvgIpc) is 2.18. The lowest BCUT2D eigenvalue weighted by Gasteiger charge is -2.34. The Balaban J connectivity index is 2.42. The number of nitrogen functional groups attached to an aromatic ring is 1. The van der Waals surface area contributed by atoms with E-state index in [1.54, 1.807) is 12.1 Å². The van der Waals surface area contributed by atoms with Crippen LogP contribution in [0.25, 0.3) is 0 Å². The summed E-state index contributed by atoms with van der Waals surface area (Å²) in [4.78, 5) is 0. The van der Waals surface area contributed by atoms with Crippen LogP contribution in [-0.2, 0) is 5.60 Å². The summed E-state index contributed by atoms with van der Waals surface area (Å²) in [6, 6.07) is 4.52. The van der Waals surface area contributed by atoms with Crippen LogP contribution >= 0.6 is 0 Å². The molecule has 4 heteroatoms. The second kappa shape index (κ2) is 3.79. The highest BCUT2D eigenvalue weighted by molar-refractivity contribution is 5.50. The molecule has 0 aromatic heterocycles. The van der Waals surface area contributed by atoms with Gasteiger partial charge in [0.15, 0.2) is 0 Å². The molecule has 0 unspecified atom stereocenters. The summed E-state index contributed by atoms with van der Waals surface area (Å²) < 4.78 is 13.6. The van der Waals surface area contributed by atoms with Crippen LogP contribution in [0.3, 0.4) is 0 Å². The summed E-state index contributed by atoms with van der Waals surface area (Å²) >= 11 is 0. The highest BCUT2D eigenvalue weighted by Crippen LogP contribution is 2.35. The minimum absolute atomic E-state index is 0.256. The molecule has 82 valence electrons. The van der Waals surface area contributed by atoms with Gasteiger partial charge in [-0.15, -0.1) is 0 Å². The predicted octanol–water partition coefficient (Wildman–Crippen LogP) is 0.979. The van der Waals surface area contributed by atoms with Gasteiger partial charge in [0.2, 0.25) is 0 Å². The van der Waals surface area contributed by atoms with E-state index >= 15 is 0 Å². The molecule has 1 fully saturated rings. The Bertz CT molecular complexity index is 341. The maximum absolute atomic E-state index is 13.6. The summed E-state index contributed by atoms with van der Waals surface area (Å²) in [5.74, 6) is -0.417. The molecule has 1 aliphatic rings.